The van der Waals surface area contributed by atoms with Crippen LogP contribution in [-0.4, -0.2) is 18.6 Å². The lowest BCUT2D eigenvalue weighted by Crippen LogP contribution is -2.58. The Balaban J connectivity index is 1.91. The third kappa shape index (κ3) is 2.51. The Morgan fingerprint density at radius 1 is 1.32 bits per heavy atom. The normalized spacial score (nSPS) is 35.9. The van der Waals surface area contributed by atoms with Gasteiger partial charge in [0.15, 0.2) is 5.57 Å². The summed E-state index contributed by atoms with van der Waals surface area (Å²) in [5.41, 5.74) is 8.37. The number of azide groups is 1. The van der Waals surface area contributed by atoms with Gasteiger partial charge in [0.2, 0.25) is 0 Å². The number of rotatable bonds is 4. The topological polar surface area (TPSA) is 111 Å². The minimum absolute atomic E-state index is 0.0128. The van der Waals surface area contributed by atoms with Crippen LogP contribution in [-0.2, 0) is 9.53 Å². The predicted molar refractivity (Wildman–Crippen MR) is 77.8 cm³/mol. The molecule has 4 fully saturated rings. The molecule has 0 amide bonds. The number of carbonyl (C=O) groups is 1. The smallest absolute Gasteiger partial charge is 0.350 e. The number of nitrogens with zero attached hydrogens (tertiary/aromatic N) is 4. The van der Waals surface area contributed by atoms with Gasteiger partial charge in [0.1, 0.15) is 11.9 Å². The van der Waals surface area contributed by atoms with Crippen molar-refractivity contribution in [2.75, 3.05) is 7.11 Å². The van der Waals surface area contributed by atoms with Crippen LogP contribution in [0.25, 0.3) is 10.4 Å². The van der Waals surface area contributed by atoms with Gasteiger partial charge in [-0.15, -0.1) is 0 Å². The molecule has 4 saturated carbocycles. The van der Waals surface area contributed by atoms with Gasteiger partial charge in [-0.25, -0.2) is 4.79 Å². The lowest BCUT2D eigenvalue weighted by atomic mass is 9.53. The number of hydrogen-bond acceptors (Lipinski definition) is 5. The second kappa shape index (κ2) is 5.54. The molecule has 0 radical (unpaired) electrons. The number of nitriles is 1. The monoisotopic (exact) mass is 301 g/mol. The zero-order valence-electron chi connectivity index (χ0n) is 12.6. The van der Waals surface area contributed by atoms with Crippen LogP contribution in [0, 0.1) is 29.1 Å². The van der Waals surface area contributed by atoms with E-state index >= 15 is 0 Å². The number of nitrogens with one attached hydrogen (secondary N) is 1. The highest BCUT2D eigenvalue weighted by molar-refractivity contribution is 5.93. The van der Waals surface area contributed by atoms with E-state index in [1.165, 1.54) is 26.4 Å². The maximum atomic E-state index is 11.7. The van der Waals surface area contributed by atoms with Gasteiger partial charge in [-0.2, -0.15) is 5.26 Å². The van der Waals surface area contributed by atoms with Crippen LogP contribution in [0.3, 0.4) is 0 Å². The van der Waals surface area contributed by atoms with E-state index in [1.807, 2.05) is 0 Å². The van der Waals surface area contributed by atoms with E-state index in [4.69, 9.17) is 5.53 Å². The fraction of sp³-hybridized carbons (Fsp3) is 0.733. The van der Waals surface area contributed by atoms with Gasteiger partial charge < -0.3 is 10.1 Å². The SMILES string of the molecule is COC(=O)/C(C#N)=C(\N=[N+]=[N-])NC12CC3CC(CC(C3)C1)C2. The van der Waals surface area contributed by atoms with Crippen LogP contribution in [0.15, 0.2) is 16.5 Å². The van der Waals surface area contributed by atoms with E-state index in [-0.39, 0.29) is 16.9 Å². The number of hydrogen-bond donors (Lipinski definition) is 1. The molecule has 4 aliphatic rings. The molecule has 4 bridgehead atoms. The van der Waals surface area contributed by atoms with Gasteiger partial charge in [0, 0.05) is 10.5 Å². The lowest BCUT2D eigenvalue weighted by Gasteiger charge is -2.57. The van der Waals surface area contributed by atoms with Crippen molar-refractivity contribution in [1.82, 2.24) is 5.32 Å². The second-order valence-electron chi connectivity index (χ2n) is 6.84. The molecule has 116 valence electrons. The Kier molecular flexibility index (Phi) is 3.71. The largest absolute Gasteiger partial charge is 0.465 e. The first-order valence-electron chi connectivity index (χ1n) is 7.65. The van der Waals surface area contributed by atoms with Crippen molar-refractivity contribution in [1.29, 1.82) is 5.26 Å². The van der Waals surface area contributed by atoms with Crippen LogP contribution < -0.4 is 5.32 Å². The summed E-state index contributed by atoms with van der Waals surface area (Å²) < 4.78 is 4.61. The molecule has 0 aromatic carbocycles. The Hall–Kier alpha value is -2.19. The van der Waals surface area contributed by atoms with Crippen molar-refractivity contribution in [3.05, 3.63) is 21.8 Å². The average Bonchev–Trinajstić information content (AvgIpc) is 2.46. The van der Waals surface area contributed by atoms with Crippen molar-refractivity contribution in [3.63, 3.8) is 0 Å². The maximum Gasteiger partial charge on any atom is 0.350 e. The lowest BCUT2D eigenvalue weighted by molar-refractivity contribution is -0.135. The van der Waals surface area contributed by atoms with Gasteiger partial charge in [0.05, 0.1) is 7.11 Å². The summed E-state index contributed by atoms with van der Waals surface area (Å²) in [5, 5.41) is 16.0. The van der Waals surface area contributed by atoms with Crippen LogP contribution in [0.2, 0.25) is 0 Å². The van der Waals surface area contributed by atoms with Crippen LogP contribution >= 0.6 is 0 Å². The van der Waals surface area contributed by atoms with Crippen molar-refractivity contribution in [2.24, 2.45) is 22.9 Å². The van der Waals surface area contributed by atoms with Crippen LogP contribution in [0.5, 0.6) is 0 Å². The second-order valence-corrected chi connectivity index (χ2v) is 6.84. The van der Waals surface area contributed by atoms with Gasteiger partial charge in [-0.1, -0.05) is 0 Å². The fourth-order valence-corrected chi connectivity index (χ4v) is 4.99. The van der Waals surface area contributed by atoms with Crippen LogP contribution in [0.1, 0.15) is 38.5 Å². The van der Waals surface area contributed by atoms with E-state index in [9.17, 15) is 10.1 Å². The molecule has 4 rings (SSSR count). The molecular weight excluding hydrogens is 282 g/mol. The molecule has 0 aromatic rings. The van der Waals surface area contributed by atoms with Crippen molar-refractivity contribution < 1.29 is 9.53 Å². The first kappa shape index (κ1) is 14.7. The molecular formula is C15H19N5O2. The third-order valence-electron chi connectivity index (χ3n) is 5.30. The summed E-state index contributed by atoms with van der Waals surface area (Å²) in [7, 11) is 1.21. The Morgan fingerprint density at radius 2 is 1.86 bits per heavy atom. The first-order chi connectivity index (χ1) is 10.6. The first-order valence-corrected chi connectivity index (χ1v) is 7.65. The molecule has 0 spiro atoms. The highest BCUT2D eigenvalue weighted by Gasteiger charge is 2.51. The summed E-state index contributed by atoms with van der Waals surface area (Å²) in [6.07, 6.45) is 6.90. The number of carbonyl (C=O) groups excluding carboxylic acids is 1. The van der Waals surface area contributed by atoms with Gasteiger partial charge in [0.25, 0.3) is 0 Å². The quantitative estimate of drug-likeness (QED) is 0.215. The Morgan fingerprint density at radius 3 is 2.27 bits per heavy atom. The fourth-order valence-electron chi connectivity index (χ4n) is 4.99. The summed E-state index contributed by atoms with van der Waals surface area (Å²) in [6.45, 7) is 0. The average molecular weight is 301 g/mol. The van der Waals surface area contributed by atoms with Gasteiger partial charge >= 0.3 is 5.97 Å². The standard InChI is InChI=1S/C15H19N5O2/c1-22-14(21)12(8-16)13(19-20-17)18-15-5-9-2-10(6-15)4-11(3-9)7-15/h9-11,18H,2-7H2,1H3/b13-12-. The molecule has 7 nitrogen and oxygen atoms in total. The highest BCUT2D eigenvalue weighted by Crippen LogP contribution is 2.55. The third-order valence-corrected chi connectivity index (χ3v) is 5.30. The zero-order valence-corrected chi connectivity index (χ0v) is 12.6. The molecule has 0 aliphatic heterocycles. The number of methoxy groups -OCH3 is 1. The van der Waals surface area contributed by atoms with Crippen LogP contribution in [0.4, 0.5) is 0 Å². The summed E-state index contributed by atoms with van der Waals surface area (Å²) in [4.78, 5) is 14.5. The zero-order chi connectivity index (χ0) is 15.7. The molecule has 0 unspecified atom stereocenters. The maximum absolute atomic E-state index is 11.7. The van der Waals surface area contributed by atoms with E-state index < -0.39 is 5.97 Å². The molecule has 0 saturated heterocycles. The summed E-state index contributed by atoms with van der Waals surface area (Å²) in [6, 6.07) is 1.80. The van der Waals surface area contributed by atoms with Crippen molar-refractivity contribution >= 4 is 5.97 Å². The van der Waals surface area contributed by atoms with E-state index in [0.717, 1.165) is 19.3 Å². The van der Waals surface area contributed by atoms with Crippen molar-refractivity contribution in [2.45, 2.75) is 44.1 Å². The summed E-state index contributed by atoms with van der Waals surface area (Å²) >= 11 is 0. The predicted octanol–water partition coefficient (Wildman–Crippen LogP) is 2.76. The molecule has 7 heteroatoms. The Bertz CT molecular complexity index is 577. The number of esters is 1. The highest BCUT2D eigenvalue weighted by atomic mass is 16.5. The van der Waals surface area contributed by atoms with Crippen molar-refractivity contribution in [3.8, 4) is 6.07 Å². The van der Waals surface area contributed by atoms with E-state index in [2.05, 4.69) is 20.1 Å². The van der Waals surface area contributed by atoms with E-state index in [0.29, 0.717) is 17.8 Å². The Labute approximate surface area is 128 Å². The van der Waals surface area contributed by atoms with Gasteiger partial charge in [-0.3, -0.25) is 0 Å². The number of ether oxygens (including phenoxy) is 1. The summed E-state index contributed by atoms with van der Waals surface area (Å²) in [5.74, 6) is 1.35. The molecule has 0 aromatic heterocycles. The minimum Gasteiger partial charge on any atom is -0.465 e. The van der Waals surface area contributed by atoms with E-state index in [1.54, 1.807) is 6.07 Å². The molecule has 22 heavy (non-hydrogen) atoms. The molecule has 0 heterocycles. The molecule has 4 aliphatic carbocycles. The molecule has 0 atom stereocenters. The minimum atomic E-state index is -0.776. The van der Waals surface area contributed by atoms with Gasteiger partial charge in [-0.05, 0) is 66.9 Å². The molecule has 1 N–H and O–H groups in total.